The summed E-state index contributed by atoms with van der Waals surface area (Å²) in [5.74, 6) is 0.0304. The molecule has 4 rings (SSSR count). The van der Waals surface area contributed by atoms with Gasteiger partial charge in [-0.1, -0.05) is 46.3 Å². The summed E-state index contributed by atoms with van der Waals surface area (Å²) in [7, 11) is 0. The van der Waals surface area contributed by atoms with Crippen LogP contribution in [-0.4, -0.2) is 20.9 Å². The molecule has 0 spiro atoms. The molecular formula is C25H26BrN3O2. The van der Waals surface area contributed by atoms with Crippen LogP contribution in [0.25, 0.3) is 16.6 Å². The standard InChI is InChI=1S/C25H26BrN3O2/c1-18(11-12-19-7-3-2-4-8-19)27-24(30)10-6-16-29-23-17-20(26)13-14-21(23)28-15-5-9-22(28)25(29)31/h2-5,7-9,13-15,17-18H,6,10-12,16H2,1H3,(H,27,30). The molecule has 0 aliphatic rings. The number of nitrogens with zero attached hydrogens (tertiary/aromatic N) is 2. The predicted octanol–water partition coefficient (Wildman–Crippen LogP) is 4.93. The first-order valence-electron chi connectivity index (χ1n) is 10.7. The highest BCUT2D eigenvalue weighted by molar-refractivity contribution is 9.10. The maximum Gasteiger partial charge on any atom is 0.275 e. The van der Waals surface area contributed by atoms with Crippen molar-refractivity contribution in [3.63, 3.8) is 0 Å². The van der Waals surface area contributed by atoms with Gasteiger partial charge in [-0.25, -0.2) is 0 Å². The fourth-order valence-corrected chi connectivity index (χ4v) is 4.35. The molecule has 5 nitrogen and oxygen atoms in total. The summed E-state index contributed by atoms with van der Waals surface area (Å²) >= 11 is 3.51. The minimum atomic E-state index is -0.0350. The van der Waals surface area contributed by atoms with E-state index in [0.29, 0.717) is 24.9 Å². The zero-order chi connectivity index (χ0) is 21.8. The van der Waals surface area contributed by atoms with Crippen molar-refractivity contribution in [3.05, 3.63) is 87.3 Å². The lowest BCUT2D eigenvalue weighted by molar-refractivity contribution is -0.121. The van der Waals surface area contributed by atoms with Crippen LogP contribution in [0.2, 0.25) is 0 Å². The van der Waals surface area contributed by atoms with Gasteiger partial charge in [-0.05, 0) is 62.1 Å². The highest BCUT2D eigenvalue weighted by atomic mass is 79.9. The van der Waals surface area contributed by atoms with Crippen molar-refractivity contribution >= 4 is 38.4 Å². The molecule has 1 unspecified atom stereocenters. The van der Waals surface area contributed by atoms with Gasteiger partial charge in [0.15, 0.2) is 0 Å². The number of aromatic nitrogens is 2. The lowest BCUT2D eigenvalue weighted by Crippen LogP contribution is -2.33. The zero-order valence-electron chi connectivity index (χ0n) is 17.6. The normalized spacial score (nSPS) is 12.3. The van der Waals surface area contributed by atoms with Gasteiger partial charge in [-0.15, -0.1) is 0 Å². The van der Waals surface area contributed by atoms with Crippen LogP contribution in [0.3, 0.4) is 0 Å². The zero-order valence-corrected chi connectivity index (χ0v) is 19.1. The summed E-state index contributed by atoms with van der Waals surface area (Å²) in [5.41, 5.74) is 3.73. The molecule has 6 heteroatoms. The Balaban J connectivity index is 1.39. The third-order valence-corrected chi connectivity index (χ3v) is 6.10. The molecule has 0 aliphatic heterocycles. The van der Waals surface area contributed by atoms with E-state index in [9.17, 15) is 9.59 Å². The van der Waals surface area contributed by atoms with Crippen LogP contribution in [0.1, 0.15) is 31.7 Å². The van der Waals surface area contributed by atoms with E-state index in [1.807, 2.05) is 66.1 Å². The first-order chi connectivity index (χ1) is 15.0. The molecule has 160 valence electrons. The Labute approximate surface area is 189 Å². The van der Waals surface area contributed by atoms with Crippen LogP contribution in [-0.2, 0) is 17.8 Å². The van der Waals surface area contributed by atoms with E-state index >= 15 is 0 Å². The molecular weight excluding hydrogens is 454 g/mol. The van der Waals surface area contributed by atoms with Gasteiger partial charge in [-0.3, -0.25) is 9.59 Å². The Hall–Kier alpha value is -2.86. The number of carbonyl (C=O) groups excluding carboxylic acids is 1. The van der Waals surface area contributed by atoms with Gasteiger partial charge < -0.3 is 14.3 Å². The molecule has 0 saturated carbocycles. The smallest absolute Gasteiger partial charge is 0.275 e. The average Bonchev–Trinajstić information content (AvgIpc) is 3.25. The van der Waals surface area contributed by atoms with E-state index in [1.54, 1.807) is 4.57 Å². The van der Waals surface area contributed by atoms with Crippen LogP contribution in [0, 0.1) is 0 Å². The van der Waals surface area contributed by atoms with Gasteiger partial charge >= 0.3 is 0 Å². The van der Waals surface area contributed by atoms with E-state index in [2.05, 4.69) is 33.4 Å². The van der Waals surface area contributed by atoms with Crippen LogP contribution in [0.5, 0.6) is 0 Å². The van der Waals surface area contributed by atoms with E-state index in [4.69, 9.17) is 0 Å². The van der Waals surface area contributed by atoms with Crippen molar-refractivity contribution < 1.29 is 4.79 Å². The lowest BCUT2D eigenvalue weighted by atomic mass is 10.1. The molecule has 1 N–H and O–H groups in total. The maximum atomic E-state index is 13.0. The molecule has 2 aromatic heterocycles. The number of hydrogen-bond donors (Lipinski definition) is 1. The largest absolute Gasteiger partial charge is 0.354 e. The maximum absolute atomic E-state index is 13.0. The molecule has 0 fully saturated rings. The van der Waals surface area contributed by atoms with Crippen LogP contribution < -0.4 is 10.9 Å². The number of rotatable bonds is 8. The minimum Gasteiger partial charge on any atom is -0.354 e. The van der Waals surface area contributed by atoms with Gasteiger partial charge in [0.2, 0.25) is 5.91 Å². The van der Waals surface area contributed by atoms with E-state index < -0.39 is 0 Å². The predicted molar refractivity (Wildman–Crippen MR) is 128 cm³/mol. The lowest BCUT2D eigenvalue weighted by Gasteiger charge is -2.15. The van der Waals surface area contributed by atoms with Gasteiger partial charge in [-0.2, -0.15) is 0 Å². The Morgan fingerprint density at radius 1 is 1.03 bits per heavy atom. The molecule has 4 aromatic rings. The molecule has 2 heterocycles. The van der Waals surface area contributed by atoms with E-state index in [0.717, 1.165) is 28.3 Å². The third kappa shape index (κ3) is 4.90. The first-order valence-corrected chi connectivity index (χ1v) is 11.4. The summed E-state index contributed by atoms with van der Waals surface area (Å²) in [6, 6.07) is 20.1. The Morgan fingerprint density at radius 2 is 1.84 bits per heavy atom. The summed E-state index contributed by atoms with van der Waals surface area (Å²) in [5, 5.41) is 3.08. The number of fused-ring (bicyclic) bond motifs is 3. The highest BCUT2D eigenvalue weighted by Gasteiger charge is 2.12. The van der Waals surface area contributed by atoms with E-state index in [-0.39, 0.29) is 17.5 Å². The molecule has 2 aromatic carbocycles. The summed E-state index contributed by atoms with van der Waals surface area (Å²) < 4.78 is 4.62. The Bertz CT molecular complexity index is 1260. The van der Waals surface area contributed by atoms with Crippen LogP contribution >= 0.6 is 15.9 Å². The van der Waals surface area contributed by atoms with Crippen molar-refractivity contribution in [2.75, 3.05) is 0 Å². The Morgan fingerprint density at radius 3 is 2.65 bits per heavy atom. The number of benzene rings is 2. The van der Waals surface area contributed by atoms with Gasteiger partial charge in [0.25, 0.3) is 5.56 Å². The summed E-state index contributed by atoms with van der Waals surface area (Å²) in [4.78, 5) is 25.4. The van der Waals surface area contributed by atoms with Crippen molar-refractivity contribution in [3.8, 4) is 0 Å². The van der Waals surface area contributed by atoms with Crippen molar-refractivity contribution in [2.24, 2.45) is 0 Å². The second-order valence-corrected chi connectivity index (χ2v) is 8.87. The van der Waals surface area contributed by atoms with Gasteiger partial charge in [0.1, 0.15) is 5.52 Å². The fourth-order valence-electron chi connectivity index (χ4n) is 4.00. The molecule has 1 atom stereocenters. The molecule has 31 heavy (non-hydrogen) atoms. The molecule has 0 aliphatic carbocycles. The van der Waals surface area contributed by atoms with Gasteiger partial charge in [0.05, 0.1) is 11.0 Å². The quantitative estimate of drug-likeness (QED) is 0.389. The monoisotopic (exact) mass is 479 g/mol. The topological polar surface area (TPSA) is 55.5 Å². The number of nitrogens with one attached hydrogen (secondary N) is 1. The molecule has 1 amide bonds. The van der Waals surface area contributed by atoms with Crippen molar-refractivity contribution in [2.45, 2.75) is 45.2 Å². The Kier molecular flexibility index (Phi) is 6.56. The SMILES string of the molecule is CC(CCc1ccccc1)NC(=O)CCCn1c(=O)c2cccn2c2ccc(Br)cc21. The number of carbonyl (C=O) groups is 1. The number of aryl methyl sites for hydroxylation is 2. The third-order valence-electron chi connectivity index (χ3n) is 5.60. The highest BCUT2D eigenvalue weighted by Crippen LogP contribution is 2.20. The fraction of sp³-hybridized carbons (Fsp3) is 0.280. The number of hydrogen-bond acceptors (Lipinski definition) is 2. The first kappa shape index (κ1) is 21.4. The second-order valence-electron chi connectivity index (χ2n) is 7.95. The van der Waals surface area contributed by atoms with Crippen LogP contribution in [0.15, 0.2) is 76.1 Å². The summed E-state index contributed by atoms with van der Waals surface area (Å²) in [6.45, 7) is 2.54. The van der Waals surface area contributed by atoms with Crippen molar-refractivity contribution in [1.29, 1.82) is 0 Å². The summed E-state index contributed by atoms with van der Waals surface area (Å²) in [6.07, 6.45) is 4.75. The molecule has 0 bridgehead atoms. The van der Waals surface area contributed by atoms with Crippen molar-refractivity contribution in [1.82, 2.24) is 14.3 Å². The number of amides is 1. The molecule has 0 saturated heterocycles. The van der Waals surface area contributed by atoms with E-state index in [1.165, 1.54) is 5.56 Å². The second kappa shape index (κ2) is 9.52. The minimum absolute atomic E-state index is 0.0304. The van der Waals surface area contributed by atoms with Crippen LogP contribution in [0.4, 0.5) is 0 Å². The van der Waals surface area contributed by atoms with Gasteiger partial charge in [0, 0.05) is 29.7 Å². The number of halogens is 1. The molecule has 0 radical (unpaired) electrons. The average molecular weight is 480 g/mol.